The molecule has 1 rings (SSSR count). The maximum absolute atomic E-state index is 10.6. The first kappa shape index (κ1) is 14.3. The van der Waals surface area contributed by atoms with Crippen molar-refractivity contribution in [2.24, 2.45) is 11.5 Å². The smallest absolute Gasteiger partial charge is 0.217 e. The molecule has 0 fully saturated rings. The Morgan fingerprint density at radius 2 is 2.00 bits per heavy atom. The standard InChI is InChI=1S/C12H16Cl2N2O/c13-8-5-6-9(10(14)7-8)11(15)3-1-2-4-12(16)17/h5-7,11H,1-4,15H2,(H2,16,17). The van der Waals surface area contributed by atoms with E-state index in [4.69, 9.17) is 34.7 Å². The average Bonchev–Trinajstić information content (AvgIpc) is 2.23. The first-order valence-electron chi connectivity index (χ1n) is 5.49. The number of carbonyl (C=O) groups is 1. The lowest BCUT2D eigenvalue weighted by molar-refractivity contribution is -0.118. The van der Waals surface area contributed by atoms with Gasteiger partial charge in [0, 0.05) is 22.5 Å². The Labute approximate surface area is 111 Å². The molecule has 5 heteroatoms. The van der Waals surface area contributed by atoms with Crippen molar-refractivity contribution in [1.82, 2.24) is 0 Å². The highest BCUT2D eigenvalue weighted by Gasteiger charge is 2.10. The van der Waals surface area contributed by atoms with E-state index in [9.17, 15) is 4.79 Å². The summed E-state index contributed by atoms with van der Waals surface area (Å²) in [7, 11) is 0. The van der Waals surface area contributed by atoms with Gasteiger partial charge in [-0.05, 0) is 30.5 Å². The number of halogens is 2. The molecular formula is C12H16Cl2N2O. The van der Waals surface area contributed by atoms with Crippen LogP contribution in [0.2, 0.25) is 10.0 Å². The fourth-order valence-corrected chi connectivity index (χ4v) is 2.17. The van der Waals surface area contributed by atoms with Crippen molar-refractivity contribution in [3.8, 4) is 0 Å². The molecule has 0 radical (unpaired) electrons. The molecular weight excluding hydrogens is 259 g/mol. The van der Waals surface area contributed by atoms with Crippen molar-refractivity contribution < 1.29 is 4.79 Å². The topological polar surface area (TPSA) is 69.1 Å². The van der Waals surface area contributed by atoms with Crippen molar-refractivity contribution in [3.05, 3.63) is 33.8 Å². The van der Waals surface area contributed by atoms with Crippen LogP contribution in [0, 0.1) is 0 Å². The van der Waals surface area contributed by atoms with Crippen LogP contribution < -0.4 is 11.5 Å². The number of nitrogens with two attached hydrogens (primary N) is 2. The van der Waals surface area contributed by atoms with Crippen LogP contribution in [-0.4, -0.2) is 5.91 Å². The minimum absolute atomic E-state index is 0.132. The first-order chi connectivity index (χ1) is 8.00. The van der Waals surface area contributed by atoms with Gasteiger partial charge in [-0.25, -0.2) is 0 Å². The zero-order valence-electron chi connectivity index (χ0n) is 9.46. The fraction of sp³-hybridized carbons (Fsp3) is 0.417. The Bertz CT molecular complexity index is 396. The largest absolute Gasteiger partial charge is 0.370 e. The van der Waals surface area contributed by atoms with E-state index in [0.717, 1.165) is 24.8 Å². The summed E-state index contributed by atoms with van der Waals surface area (Å²) in [4.78, 5) is 10.6. The average molecular weight is 275 g/mol. The van der Waals surface area contributed by atoms with Gasteiger partial charge in [0.15, 0.2) is 0 Å². The molecule has 4 N–H and O–H groups in total. The summed E-state index contributed by atoms with van der Waals surface area (Å²) in [6.07, 6.45) is 2.78. The summed E-state index contributed by atoms with van der Waals surface area (Å²) >= 11 is 11.9. The van der Waals surface area contributed by atoms with Crippen LogP contribution in [0.3, 0.4) is 0 Å². The second kappa shape index (κ2) is 6.84. The van der Waals surface area contributed by atoms with Gasteiger partial charge in [0.1, 0.15) is 0 Å². The van der Waals surface area contributed by atoms with Crippen molar-refractivity contribution in [1.29, 1.82) is 0 Å². The Hall–Kier alpha value is -0.770. The Morgan fingerprint density at radius 3 is 2.59 bits per heavy atom. The highest BCUT2D eigenvalue weighted by Crippen LogP contribution is 2.27. The van der Waals surface area contributed by atoms with Gasteiger partial charge in [-0.2, -0.15) is 0 Å². The van der Waals surface area contributed by atoms with Crippen molar-refractivity contribution in [3.63, 3.8) is 0 Å². The van der Waals surface area contributed by atoms with E-state index >= 15 is 0 Å². The van der Waals surface area contributed by atoms with Gasteiger partial charge in [0.05, 0.1) is 0 Å². The molecule has 1 atom stereocenters. The van der Waals surface area contributed by atoms with Crippen LogP contribution in [0.4, 0.5) is 0 Å². The predicted octanol–water partition coefficient (Wildman–Crippen LogP) is 3.04. The van der Waals surface area contributed by atoms with Crippen molar-refractivity contribution in [2.45, 2.75) is 31.7 Å². The van der Waals surface area contributed by atoms with E-state index in [-0.39, 0.29) is 11.9 Å². The molecule has 1 unspecified atom stereocenters. The number of unbranched alkanes of at least 4 members (excludes halogenated alkanes) is 1. The van der Waals surface area contributed by atoms with Crippen LogP contribution in [0.25, 0.3) is 0 Å². The molecule has 0 aliphatic heterocycles. The molecule has 17 heavy (non-hydrogen) atoms. The van der Waals surface area contributed by atoms with Gasteiger partial charge in [0.25, 0.3) is 0 Å². The summed E-state index contributed by atoms with van der Waals surface area (Å²) in [5, 5.41) is 1.18. The molecule has 0 spiro atoms. The molecule has 0 saturated carbocycles. The summed E-state index contributed by atoms with van der Waals surface area (Å²) in [5.74, 6) is -0.275. The zero-order valence-corrected chi connectivity index (χ0v) is 11.0. The van der Waals surface area contributed by atoms with Crippen LogP contribution in [0.1, 0.15) is 37.3 Å². The van der Waals surface area contributed by atoms with E-state index in [1.165, 1.54) is 0 Å². The van der Waals surface area contributed by atoms with Crippen molar-refractivity contribution in [2.75, 3.05) is 0 Å². The van der Waals surface area contributed by atoms with E-state index in [2.05, 4.69) is 0 Å². The van der Waals surface area contributed by atoms with Crippen LogP contribution in [-0.2, 0) is 4.79 Å². The molecule has 0 saturated heterocycles. The Morgan fingerprint density at radius 1 is 1.29 bits per heavy atom. The quantitative estimate of drug-likeness (QED) is 0.783. The SMILES string of the molecule is NC(=O)CCCCC(N)c1ccc(Cl)cc1Cl. The molecule has 0 bridgehead atoms. The summed E-state index contributed by atoms with van der Waals surface area (Å²) in [5.41, 5.74) is 12.0. The normalized spacial score (nSPS) is 12.4. The summed E-state index contributed by atoms with van der Waals surface area (Å²) in [6, 6.07) is 5.16. The minimum Gasteiger partial charge on any atom is -0.370 e. The number of hydrogen-bond acceptors (Lipinski definition) is 2. The van der Waals surface area contributed by atoms with Gasteiger partial charge in [-0.15, -0.1) is 0 Å². The fourth-order valence-electron chi connectivity index (χ4n) is 1.62. The lowest BCUT2D eigenvalue weighted by Crippen LogP contribution is -2.12. The molecule has 0 aromatic heterocycles. The molecule has 1 aromatic carbocycles. The minimum atomic E-state index is -0.275. The highest BCUT2D eigenvalue weighted by atomic mass is 35.5. The number of hydrogen-bond donors (Lipinski definition) is 2. The van der Waals surface area contributed by atoms with Gasteiger partial charge in [-0.1, -0.05) is 35.7 Å². The zero-order chi connectivity index (χ0) is 12.8. The van der Waals surface area contributed by atoms with Crippen LogP contribution in [0.5, 0.6) is 0 Å². The van der Waals surface area contributed by atoms with Gasteiger partial charge in [-0.3, -0.25) is 4.79 Å². The van der Waals surface area contributed by atoms with Gasteiger partial charge >= 0.3 is 0 Å². The maximum Gasteiger partial charge on any atom is 0.217 e. The third-order valence-corrected chi connectivity index (χ3v) is 3.11. The number of amides is 1. The third kappa shape index (κ3) is 4.94. The summed E-state index contributed by atoms with van der Waals surface area (Å²) in [6.45, 7) is 0. The number of rotatable bonds is 6. The predicted molar refractivity (Wildman–Crippen MR) is 71.1 cm³/mol. The second-order valence-corrected chi connectivity index (χ2v) is 4.83. The molecule has 0 aliphatic carbocycles. The highest BCUT2D eigenvalue weighted by molar-refractivity contribution is 6.35. The first-order valence-corrected chi connectivity index (χ1v) is 6.25. The van der Waals surface area contributed by atoms with Gasteiger partial charge < -0.3 is 11.5 Å². The lowest BCUT2D eigenvalue weighted by atomic mass is 10.0. The molecule has 1 amide bonds. The molecule has 94 valence electrons. The lowest BCUT2D eigenvalue weighted by Gasteiger charge is -2.13. The number of primary amides is 1. The number of carbonyl (C=O) groups excluding carboxylic acids is 1. The second-order valence-electron chi connectivity index (χ2n) is 3.98. The molecule has 0 heterocycles. The van der Waals surface area contributed by atoms with Crippen LogP contribution in [0.15, 0.2) is 18.2 Å². The van der Waals surface area contributed by atoms with E-state index in [1.807, 2.05) is 6.07 Å². The van der Waals surface area contributed by atoms with Gasteiger partial charge in [0.2, 0.25) is 5.91 Å². The van der Waals surface area contributed by atoms with E-state index in [0.29, 0.717) is 16.5 Å². The van der Waals surface area contributed by atoms with E-state index < -0.39 is 0 Å². The van der Waals surface area contributed by atoms with Crippen LogP contribution >= 0.6 is 23.2 Å². The Balaban J connectivity index is 2.46. The number of benzene rings is 1. The van der Waals surface area contributed by atoms with E-state index in [1.54, 1.807) is 12.1 Å². The maximum atomic E-state index is 10.6. The molecule has 1 aromatic rings. The summed E-state index contributed by atoms with van der Waals surface area (Å²) < 4.78 is 0. The molecule has 3 nitrogen and oxygen atoms in total. The Kier molecular flexibility index (Phi) is 5.75. The monoisotopic (exact) mass is 274 g/mol. The third-order valence-electron chi connectivity index (χ3n) is 2.55. The molecule has 0 aliphatic rings. The van der Waals surface area contributed by atoms with Crippen molar-refractivity contribution >= 4 is 29.1 Å².